The lowest BCUT2D eigenvalue weighted by Gasteiger charge is -2.25. The van der Waals surface area contributed by atoms with Crippen molar-refractivity contribution in [3.05, 3.63) is 34.7 Å². The molecule has 0 unspecified atom stereocenters. The Morgan fingerprint density at radius 3 is 2.79 bits per heavy atom. The number of carbonyl (C=O) groups excluding carboxylic acids is 1. The van der Waals surface area contributed by atoms with Gasteiger partial charge in [0.25, 0.3) is 0 Å². The van der Waals surface area contributed by atoms with Gasteiger partial charge in [0.05, 0.1) is 4.70 Å². The lowest BCUT2D eigenvalue weighted by Crippen LogP contribution is -2.45. The summed E-state index contributed by atoms with van der Waals surface area (Å²) in [4.78, 5) is 25.6. The number of fused-ring (bicyclic) bond motifs is 1. The van der Waals surface area contributed by atoms with Crippen molar-refractivity contribution in [2.75, 3.05) is 25.2 Å². The first-order valence-corrected chi connectivity index (χ1v) is 8.35. The van der Waals surface area contributed by atoms with Crippen LogP contribution in [0.4, 0.5) is 9.80 Å². The molecule has 3 rings (SSSR count). The van der Waals surface area contributed by atoms with E-state index >= 15 is 0 Å². The van der Waals surface area contributed by atoms with Gasteiger partial charge >= 0.3 is 11.7 Å². The molecule has 2 aromatic rings. The summed E-state index contributed by atoms with van der Waals surface area (Å²) in [6.07, 6.45) is 1.59. The van der Waals surface area contributed by atoms with Crippen LogP contribution in [-0.2, 0) is 4.74 Å². The van der Waals surface area contributed by atoms with Crippen LogP contribution in [0.5, 0.6) is 0 Å². The molecule has 2 N–H and O–H groups in total. The Labute approximate surface area is 142 Å². The molecule has 1 fully saturated rings. The molecule has 0 aliphatic carbocycles. The molecular formula is C16H18N2O5S. The third kappa shape index (κ3) is 3.29. The van der Waals surface area contributed by atoms with Crippen molar-refractivity contribution in [1.29, 1.82) is 0 Å². The van der Waals surface area contributed by atoms with E-state index in [-0.39, 0.29) is 23.4 Å². The number of ether oxygens (including phenoxy) is 1. The van der Waals surface area contributed by atoms with Gasteiger partial charge in [-0.1, -0.05) is 6.58 Å². The summed E-state index contributed by atoms with van der Waals surface area (Å²) in [6, 6.07) is 3.03. The summed E-state index contributed by atoms with van der Waals surface area (Å²) in [5, 5.41) is 13.0. The molecule has 0 spiro atoms. The smallest absolute Gasteiger partial charge is 0.347 e. The first-order valence-electron chi connectivity index (χ1n) is 7.53. The molecule has 7 nitrogen and oxygen atoms in total. The zero-order valence-electron chi connectivity index (χ0n) is 13.2. The van der Waals surface area contributed by atoms with E-state index in [4.69, 9.17) is 9.15 Å². The fraction of sp³-hybridized carbons (Fsp3) is 0.375. The zero-order chi connectivity index (χ0) is 17.3. The maximum atomic E-state index is 12.4. The minimum absolute atomic E-state index is 0.0187. The number of thiophene rings is 1. The van der Waals surface area contributed by atoms with Gasteiger partial charge in [-0.3, -0.25) is 4.90 Å². The molecular weight excluding hydrogens is 332 g/mol. The molecule has 0 saturated carbocycles. The van der Waals surface area contributed by atoms with Crippen molar-refractivity contribution in [3.63, 3.8) is 0 Å². The third-order valence-corrected chi connectivity index (χ3v) is 5.04. The second kappa shape index (κ2) is 6.66. The monoisotopic (exact) mass is 350 g/mol. The van der Waals surface area contributed by atoms with Crippen LogP contribution < -0.4 is 15.8 Å². The predicted molar refractivity (Wildman–Crippen MR) is 92.8 cm³/mol. The van der Waals surface area contributed by atoms with E-state index in [0.717, 1.165) is 12.8 Å². The Hall–Kier alpha value is -2.32. The molecule has 1 aliphatic heterocycles. The topological polar surface area (TPSA) is 92.0 Å². The molecule has 0 radical (unpaired) electrons. The normalized spacial score (nSPS) is 15.4. The number of aliphatic hydroxyl groups is 1. The van der Waals surface area contributed by atoms with Gasteiger partial charge in [-0.05, 0) is 18.9 Å². The number of urea groups is 1. The Bertz CT molecular complexity index is 835. The Balaban J connectivity index is 1.81. The zero-order valence-corrected chi connectivity index (χ0v) is 14.0. The Kier molecular flexibility index (Phi) is 4.59. The minimum Gasteiger partial charge on any atom is -0.508 e. The van der Waals surface area contributed by atoms with Crippen molar-refractivity contribution < 1.29 is 19.1 Å². The molecule has 128 valence electrons. The number of rotatable bonds is 3. The van der Waals surface area contributed by atoms with Crippen molar-refractivity contribution in [2.45, 2.75) is 18.9 Å². The van der Waals surface area contributed by atoms with Crippen LogP contribution in [0.2, 0.25) is 0 Å². The van der Waals surface area contributed by atoms with Crippen molar-refractivity contribution in [3.8, 4) is 0 Å². The summed E-state index contributed by atoms with van der Waals surface area (Å²) in [6.45, 7) is 4.64. The van der Waals surface area contributed by atoms with Crippen LogP contribution >= 0.6 is 11.3 Å². The number of nitrogens with zero attached hydrogens (tertiary/aromatic N) is 1. The molecule has 0 aromatic carbocycles. The van der Waals surface area contributed by atoms with Gasteiger partial charge in [0.2, 0.25) is 0 Å². The quantitative estimate of drug-likeness (QED) is 0.831. The van der Waals surface area contributed by atoms with Gasteiger partial charge in [-0.15, -0.1) is 11.3 Å². The maximum absolute atomic E-state index is 12.4. The number of amides is 2. The largest absolute Gasteiger partial charge is 0.508 e. The average Bonchev–Trinajstić information content (AvgIpc) is 2.96. The third-order valence-electron chi connectivity index (χ3n) is 3.90. The first-order chi connectivity index (χ1) is 11.5. The highest BCUT2D eigenvalue weighted by Crippen LogP contribution is 2.32. The van der Waals surface area contributed by atoms with E-state index in [1.54, 1.807) is 13.1 Å². The molecule has 1 saturated heterocycles. The van der Waals surface area contributed by atoms with Crippen molar-refractivity contribution in [2.24, 2.45) is 0 Å². The summed E-state index contributed by atoms with van der Waals surface area (Å²) < 4.78 is 11.1. The first kappa shape index (κ1) is 16.5. The van der Waals surface area contributed by atoms with E-state index in [2.05, 4.69) is 11.9 Å². The van der Waals surface area contributed by atoms with E-state index in [0.29, 0.717) is 28.5 Å². The molecule has 3 heterocycles. The summed E-state index contributed by atoms with van der Waals surface area (Å²) >= 11 is 1.29. The highest BCUT2D eigenvalue weighted by Gasteiger charge is 2.21. The van der Waals surface area contributed by atoms with Gasteiger partial charge in [-0.2, -0.15) is 0 Å². The van der Waals surface area contributed by atoms with Gasteiger partial charge in [0, 0.05) is 32.4 Å². The molecule has 2 amide bonds. The molecule has 2 aromatic heterocycles. The lowest BCUT2D eigenvalue weighted by molar-refractivity contribution is 0.0804. The highest BCUT2D eigenvalue weighted by atomic mass is 32.1. The average molecular weight is 350 g/mol. The fourth-order valence-corrected chi connectivity index (χ4v) is 3.47. The second-order valence-electron chi connectivity index (χ2n) is 5.60. The number of anilines is 1. The number of nitrogens with one attached hydrogen (secondary N) is 1. The lowest BCUT2D eigenvalue weighted by atomic mass is 10.1. The van der Waals surface area contributed by atoms with Crippen molar-refractivity contribution >= 4 is 38.4 Å². The van der Waals surface area contributed by atoms with E-state index in [1.807, 2.05) is 0 Å². The van der Waals surface area contributed by atoms with Crippen LogP contribution in [0, 0.1) is 0 Å². The van der Waals surface area contributed by atoms with Gasteiger partial charge in [0.15, 0.2) is 5.58 Å². The maximum Gasteiger partial charge on any atom is 0.347 e. The SMILES string of the molecule is C=C(O)c1cc2sc(N(C)C(=O)NC3CCOCC3)cc2oc1=O. The van der Waals surface area contributed by atoms with E-state index in [9.17, 15) is 14.7 Å². The van der Waals surface area contributed by atoms with Crippen LogP contribution in [0.1, 0.15) is 18.4 Å². The molecule has 8 heteroatoms. The highest BCUT2D eigenvalue weighted by molar-refractivity contribution is 7.22. The fourth-order valence-electron chi connectivity index (χ4n) is 2.48. The minimum atomic E-state index is -0.659. The summed E-state index contributed by atoms with van der Waals surface area (Å²) in [5.74, 6) is -0.341. The number of hydrogen-bond donors (Lipinski definition) is 2. The van der Waals surface area contributed by atoms with Crippen LogP contribution in [0.25, 0.3) is 16.0 Å². The van der Waals surface area contributed by atoms with E-state index in [1.165, 1.54) is 22.3 Å². The summed E-state index contributed by atoms with van der Waals surface area (Å²) in [5.41, 5.74) is -0.269. The van der Waals surface area contributed by atoms with Crippen molar-refractivity contribution in [1.82, 2.24) is 5.32 Å². The molecule has 1 aliphatic rings. The van der Waals surface area contributed by atoms with Gasteiger partial charge < -0.3 is 19.6 Å². The van der Waals surface area contributed by atoms with Gasteiger partial charge in [0.1, 0.15) is 16.3 Å². The Morgan fingerprint density at radius 2 is 2.12 bits per heavy atom. The second-order valence-corrected chi connectivity index (χ2v) is 6.66. The summed E-state index contributed by atoms with van der Waals surface area (Å²) in [7, 11) is 1.66. The van der Waals surface area contributed by atoms with E-state index < -0.39 is 5.63 Å². The van der Waals surface area contributed by atoms with Crippen LogP contribution in [-0.4, -0.2) is 37.4 Å². The predicted octanol–water partition coefficient (Wildman–Crippen LogP) is 2.71. The molecule has 0 atom stereocenters. The molecule has 0 bridgehead atoms. The standard InChI is InChI=1S/C16H18N2O5S/c1-9(19)11-7-13-12(23-15(11)20)8-14(24-13)18(2)16(21)17-10-3-5-22-6-4-10/h7-8,10,19H,1,3-6H2,2H3,(H,17,21). The number of carbonyl (C=O) groups is 1. The number of hydrogen-bond acceptors (Lipinski definition) is 6. The Morgan fingerprint density at radius 1 is 1.42 bits per heavy atom. The molecule has 24 heavy (non-hydrogen) atoms. The van der Waals surface area contributed by atoms with Crippen LogP contribution in [0.15, 0.2) is 27.9 Å². The van der Waals surface area contributed by atoms with Gasteiger partial charge in [-0.25, -0.2) is 9.59 Å². The van der Waals surface area contributed by atoms with Crippen LogP contribution in [0.3, 0.4) is 0 Å². The number of aliphatic hydroxyl groups excluding tert-OH is 1.